The predicted octanol–water partition coefficient (Wildman–Crippen LogP) is 1.14. The number of amides is 1. The summed E-state index contributed by atoms with van der Waals surface area (Å²) in [6.45, 7) is -0.0548. The molecule has 0 atom stereocenters. The second-order valence-electron chi connectivity index (χ2n) is 4.31. The van der Waals surface area contributed by atoms with Crippen LogP contribution in [0.25, 0.3) is 0 Å². The SMILES string of the molecule is Nc1cc(C(=O)N(CCO)C2CC2)c(F)cc1F. The van der Waals surface area contributed by atoms with E-state index >= 15 is 0 Å². The highest BCUT2D eigenvalue weighted by atomic mass is 19.1. The third-order valence-electron chi connectivity index (χ3n) is 2.91. The van der Waals surface area contributed by atoms with Gasteiger partial charge in [0.05, 0.1) is 17.9 Å². The molecule has 4 nitrogen and oxygen atoms in total. The van der Waals surface area contributed by atoms with Crippen LogP contribution in [-0.4, -0.2) is 35.1 Å². The van der Waals surface area contributed by atoms with E-state index < -0.39 is 17.5 Å². The lowest BCUT2D eigenvalue weighted by Gasteiger charge is -2.21. The highest BCUT2D eigenvalue weighted by Crippen LogP contribution is 2.29. The van der Waals surface area contributed by atoms with Gasteiger partial charge in [0.15, 0.2) is 0 Å². The van der Waals surface area contributed by atoms with Gasteiger partial charge in [-0.1, -0.05) is 0 Å². The van der Waals surface area contributed by atoms with Crippen LogP contribution in [0.4, 0.5) is 14.5 Å². The predicted molar refractivity (Wildman–Crippen MR) is 61.9 cm³/mol. The maximum Gasteiger partial charge on any atom is 0.257 e. The fourth-order valence-electron chi connectivity index (χ4n) is 1.83. The van der Waals surface area contributed by atoms with Gasteiger partial charge in [-0.2, -0.15) is 0 Å². The van der Waals surface area contributed by atoms with Crippen LogP contribution >= 0.6 is 0 Å². The molecule has 1 fully saturated rings. The van der Waals surface area contributed by atoms with Gasteiger partial charge in [-0.15, -0.1) is 0 Å². The summed E-state index contributed by atoms with van der Waals surface area (Å²) in [6.07, 6.45) is 1.67. The van der Waals surface area contributed by atoms with Crippen molar-refractivity contribution in [2.45, 2.75) is 18.9 Å². The van der Waals surface area contributed by atoms with Crippen molar-refractivity contribution >= 4 is 11.6 Å². The van der Waals surface area contributed by atoms with Crippen LogP contribution in [-0.2, 0) is 0 Å². The number of hydrogen-bond acceptors (Lipinski definition) is 3. The molecule has 18 heavy (non-hydrogen) atoms. The number of carbonyl (C=O) groups is 1. The molecule has 0 spiro atoms. The summed E-state index contributed by atoms with van der Waals surface area (Å²) < 4.78 is 26.6. The summed E-state index contributed by atoms with van der Waals surface area (Å²) in [5.41, 5.74) is 4.81. The average Bonchev–Trinajstić information content (AvgIpc) is 3.14. The zero-order valence-corrected chi connectivity index (χ0v) is 9.70. The minimum absolute atomic E-state index is 0.0373. The molecule has 3 N–H and O–H groups in total. The zero-order chi connectivity index (χ0) is 13.3. The van der Waals surface area contributed by atoms with Gasteiger partial charge in [0.25, 0.3) is 5.91 Å². The molecule has 1 aliphatic carbocycles. The van der Waals surface area contributed by atoms with Crippen molar-refractivity contribution < 1.29 is 18.7 Å². The van der Waals surface area contributed by atoms with Crippen molar-refractivity contribution in [2.24, 2.45) is 0 Å². The topological polar surface area (TPSA) is 66.6 Å². The van der Waals surface area contributed by atoms with Crippen LogP contribution in [0.3, 0.4) is 0 Å². The smallest absolute Gasteiger partial charge is 0.257 e. The minimum atomic E-state index is -0.935. The Kier molecular flexibility index (Phi) is 3.47. The number of anilines is 1. The molecule has 0 heterocycles. The Hall–Kier alpha value is -1.69. The van der Waals surface area contributed by atoms with Crippen LogP contribution < -0.4 is 5.73 Å². The number of aliphatic hydroxyl groups excluding tert-OH is 1. The van der Waals surface area contributed by atoms with Gasteiger partial charge in [-0.25, -0.2) is 8.78 Å². The molecule has 6 heteroatoms. The first-order chi connectivity index (χ1) is 8.54. The van der Waals surface area contributed by atoms with Crippen molar-refractivity contribution in [1.82, 2.24) is 4.90 Å². The molecule has 0 saturated heterocycles. The van der Waals surface area contributed by atoms with E-state index in [0.717, 1.165) is 18.9 Å². The van der Waals surface area contributed by atoms with Crippen LogP contribution in [0.5, 0.6) is 0 Å². The highest BCUT2D eigenvalue weighted by Gasteiger charge is 2.33. The van der Waals surface area contributed by atoms with Crippen molar-refractivity contribution in [3.63, 3.8) is 0 Å². The molecule has 1 amide bonds. The number of nitrogen functional groups attached to an aromatic ring is 1. The van der Waals surface area contributed by atoms with E-state index in [0.29, 0.717) is 6.07 Å². The van der Waals surface area contributed by atoms with E-state index in [2.05, 4.69) is 0 Å². The first-order valence-corrected chi connectivity index (χ1v) is 5.71. The van der Waals surface area contributed by atoms with Crippen LogP contribution in [0.2, 0.25) is 0 Å². The number of hydrogen-bond donors (Lipinski definition) is 2. The van der Waals surface area contributed by atoms with Crippen molar-refractivity contribution in [3.8, 4) is 0 Å². The molecule has 1 saturated carbocycles. The monoisotopic (exact) mass is 256 g/mol. The van der Waals surface area contributed by atoms with E-state index in [1.54, 1.807) is 0 Å². The number of halogens is 2. The third kappa shape index (κ3) is 2.43. The average molecular weight is 256 g/mol. The van der Waals surface area contributed by atoms with Gasteiger partial charge in [0.1, 0.15) is 11.6 Å². The second kappa shape index (κ2) is 4.89. The van der Waals surface area contributed by atoms with Gasteiger partial charge in [0, 0.05) is 18.7 Å². The third-order valence-corrected chi connectivity index (χ3v) is 2.91. The Bertz CT molecular complexity index is 475. The number of rotatable bonds is 4. The Balaban J connectivity index is 2.29. The van der Waals surface area contributed by atoms with E-state index in [1.807, 2.05) is 0 Å². The number of nitrogens with two attached hydrogens (primary N) is 1. The lowest BCUT2D eigenvalue weighted by molar-refractivity contribution is 0.0703. The highest BCUT2D eigenvalue weighted by molar-refractivity contribution is 5.95. The fraction of sp³-hybridized carbons (Fsp3) is 0.417. The standard InChI is InChI=1S/C12H14F2N2O2/c13-9-6-10(14)11(15)5-8(9)12(18)16(3-4-17)7-1-2-7/h5-7,17H,1-4,15H2. The number of carbonyl (C=O) groups excluding carboxylic acids is 1. The molecular formula is C12H14F2N2O2. The molecule has 1 aromatic rings. The maximum atomic E-state index is 13.6. The first kappa shape index (κ1) is 12.8. The summed E-state index contributed by atoms with van der Waals surface area (Å²) in [4.78, 5) is 13.5. The van der Waals surface area contributed by atoms with E-state index in [9.17, 15) is 13.6 Å². The Labute approximate surface area is 103 Å². The second-order valence-corrected chi connectivity index (χ2v) is 4.31. The van der Waals surface area contributed by atoms with Crippen molar-refractivity contribution in [3.05, 3.63) is 29.3 Å². The number of benzene rings is 1. The largest absolute Gasteiger partial charge is 0.396 e. The quantitative estimate of drug-likeness (QED) is 0.794. The van der Waals surface area contributed by atoms with Crippen molar-refractivity contribution in [2.75, 3.05) is 18.9 Å². The molecule has 1 aromatic carbocycles. The molecule has 0 unspecified atom stereocenters. The van der Waals surface area contributed by atoms with Crippen molar-refractivity contribution in [1.29, 1.82) is 0 Å². The maximum absolute atomic E-state index is 13.6. The lowest BCUT2D eigenvalue weighted by atomic mass is 10.1. The molecule has 0 aromatic heterocycles. The Morgan fingerprint density at radius 2 is 2.06 bits per heavy atom. The van der Waals surface area contributed by atoms with Gasteiger partial charge in [-0.05, 0) is 18.9 Å². The Morgan fingerprint density at radius 1 is 1.39 bits per heavy atom. The normalized spacial score (nSPS) is 14.6. The summed E-state index contributed by atoms with van der Waals surface area (Å²) in [7, 11) is 0. The molecule has 0 bridgehead atoms. The molecule has 0 radical (unpaired) electrons. The van der Waals surface area contributed by atoms with Gasteiger partial charge in [0.2, 0.25) is 0 Å². The summed E-state index contributed by atoms with van der Waals surface area (Å²) in [5, 5.41) is 8.90. The van der Waals surface area contributed by atoms with Gasteiger partial charge in [-0.3, -0.25) is 4.79 Å². The van der Waals surface area contributed by atoms with Crippen LogP contribution in [0.1, 0.15) is 23.2 Å². The Morgan fingerprint density at radius 3 is 2.61 bits per heavy atom. The number of aliphatic hydroxyl groups is 1. The first-order valence-electron chi connectivity index (χ1n) is 5.71. The number of nitrogens with zero attached hydrogens (tertiary/aromatic N) is 1. The van der Waals surface area contributed by atoms with Crippen LogP contribution in [0.15, 0.2) is 12.1 Å². The summed E-state index contributed by atoms with van der Waals surface area (Å²) in [6, 6.07) is 1.64. The fourth-order valence-corrected chi connectivity index (χ4v) is 1.83. The summed E-state index contributed by atoms with van der Waals surface area (Å²) in [5.74, 6) is -2.38. The minimum Gasteiger partial charge on any atom is -0.396 e. The molecule has 0 aliphatic heterocycles. The molecule has 98 valence electrons. The van der Waals surface area contributed by atoms with Crippen LogP contribution in [0, 0.1) is 11.6 Å². The van der Waals surface area contributed by atoms with E-state index in [4.69, 9.17) is 10.8 Å². The molecule has 2 rings (SSSR count). The van der Waals surface area contributed by atoms with Gasteiger partial charge >= 0.3 is 0 Å². The molecule has 1 aliphatic rings. The summed E-state index contributed by atoms with van der Waals surface area (Å²) >= 11 is 0. The van der Waals surface area contributed by atoms with E-state index in [-0.39, 0.29) is 30.4 Å². The zero-order valence-electron chi connectivity index (χ0n) is 9.70. The lowest BCUT2D eigenvalue weighted by Crippen LogP contribution is -2.36. The molecular weight excluding hydrogens is 242 g/mol. The van der Waals surface area contributed by atoms with E-state index in [1.165, 1.54) is 4.90 Å². The van der Waals surface area contributed by atoms with Gasteiger partial charge < -0.3 is 15.7 Å².